The normalized spacial score (nSPS) is 10.0. The summed E-state index contributed by atoms with van der Waals surface area (Å²) in [6, 6.07) is 10.7. The smallest absolute Gasteiger partial charge is 0.335 e. The van der Waals surface area contributed by atoms with Crippen LogP contribution in [0, 0.1) is 0 Å². The first-order valence-corrected chi connectivity index (χ1v) is 5.83. The van der Waals surface area contributed by atoms with Crippen LogP contribution in [-0.4, -0.2) is 22.5 Å². The summed E-state index contributed by atoms with van der Waals surface area (Å²) in [4.78, 5) is 21.3. The highest BCUT2D eigenvalue weighted by Crippen LogP contribution is 2.23. The molecule has 0 unspecified atom stereocenters. The van der Waals surface area contributed by atoms with E-state index in [0.29, 0.717) is 12.0 Å². The Morgan fingerprint density at radius 3 is 2.40 bits per heavy atom. The Hall–Kier alpha value is -2.82. The Kier molecular flexibility index (Phi) is 4.00. The van der Waals surface area contributed by atoms with E-state index < -0.39 is 5.97 Å². The number of carbonyl (C=O) groups is 2. The summed E-state index contributed by atoms with van der Waals surface area (Å²) >= 11 is 0. The lowest BCUT2D eigenvalue weighted by atomic mass is 10.1. The molecule has 20 heavy (non-hydrogen) atoms. The molecule has 0 spiro atoms. The van der Waals surface area contributed by atoms with Crippen molar-refractivity contribution in [3.8, 4) is 11.5 Å². The highest BCUT2D eigenvalue weighted by Gasteiger charge is 2.04. The Balaban J connectivity index is 2.03. The number of hydrogen-bond acceptors (Lipinski definition) is 4. The van der Waals surface area contributed by atoms with Crippen molar-refractivity contribution in [3.05, 3.63) is 59.2 Å². The maximum absolute atomic E-state index is 10.7. The van der Waals surface area contributed by atoms with Gasteiger partial charge in [0.1, 0.15) is 18.1 Å². The number of ether oxygens (including phenoxy) is 1. The molecule has 0 aliphatic rings. The van der Waals surface area contributed by atoms with E-state index in [1.165, 1.54) is 24.3 Å². The van der Waals surface area contributed by atoms with Crippen LogP contribution in [0.2, 0.25) is 0 Å². The molecule has 0 atom stereocenters. The van der Waals surface area contributed by atoms with E-state index in [9.17, 15) is 14.7 Å². The molecule has 0 saturated carbocycles. The zero-order chi connectivity index (χ0) is 14.5. The van der Waals surface area contributed by atoms with Crippen LogP contribution in [0.15, 0.2) is 42.5 Å². The second-order valence-electron chi connectivity index (χ2n) is 4.13. The summed E-state index contributed by atoms with van der Waals surface area (Å²) in [6.07, 6.45) is 0.559. The maximum Gasteiger partial charge on any atom is 0.335 e. The van der Waals surface area contributed by atoms with Crippen LogP contribution in [0.3, 0.4) is 0 Å². The first kappa shape index (κ1) is 13.6. The highest BCUT2D eigenvalue weighted by molar-refractivity contribution is 5.87. The predicted molar refractivity (Wildman–Crippen MR) is 71.2 cm³/mol. The number of aromatic carboxylic acids is 1. The van der Waals surface area contributed by atoms with Gasteiger partial charge < -0.3 is 14.9 Å². The largest absolute Gasteiger partial charge is 0.507 e. The van der Waals surface area contributed by atoms with E-state index in [0.717, 1.165) is 5.56 Å². The molecule has 2 rings (SSSR count). The van der Waals surface area contributed by atoms with E-state index in [2.05, 4.69) is 0 Å². The van der Waals surface area contributed by atoms with Crippen molar-refractivity contribution >= 4 is 12.3 Å². The third-order valence-corrected chi connectivity index (χ3v) is 2.74. The molecule has 0 aromatic heterocycles. The summed E-state index contributed by atoms with van der Waals surface area (Å²) in [7, 11) is 0. The maximum atomic E-state index is 10.7. The minimum Gasteiger partial charge on any atom is -0.507 e. The molecule has 0 radical (unpaired) electrons. The Morgan fingerprint density at radius 1 is 1.15 bits per heavy atom. The fraction of sp³-hybridized carbons (Fsp3) is 0.0667. The van der Waals surface area contributed by atoms with Crippen molar-refractivity contribution < 1.29 is 24.5 Å². The molecule has 2 N–H and O–H groups in total. The summed E-state index contributed by atoms with van der Waals surface area (Å²) in [5.41, 5.74) is 1.21. The molecule has 5 nitrogen and oxygen atoms in total. The standard InChI is InChI=1S/C15H12O5/c16-8-12-5-6-13(7-14(12)17)20-9-10-1-3-11(4-2-10)15(18)19/h1-8,17H,9H2,(H,18,19). The summed E-state index contributed by atoms with van der Waals surface area (Å²) < 4.78 is 5.45. The highest BCUT2D eigenvalue weighted by atomic mass is 16.5. The molecule has 102 valence electrons. The number of aromatic hydroxyl groups is 1. The minimum absolute atomic E-state index is 0.140. The molecular weight excluding hydrogens is 260 g/mol. The molecule has 5 heteroatoms. The molecule has 2 aromatic carbocycles. The average molecular weight is 272 g/mol. The first-order valence-electron chi connectivity index (χ1n) is 5.83. The minimum atomic E-state index is -0.980. The van der Waals surface area contributed by atoms with Crippen molar-refractivity contribution in [2.75, 3.05) is 0 Å². The molecule has 0 heterocycles. The van der Waals surface area contributed by atoms with Gasteiger partial charge in [-0.15, -0.1) is 0 Å². The number of phenolic OH excluding ortho intramolecular Hbond substituents is 1. The topological polar surface area (TPSA) is 83.8 Å². The third-order valence-electron chi connectivity index (χ3n) is 2.74. The van der Waals surface area contributed by atoms with Gasteiger partial charge in [0.05, 0.1) is 11.1 Å². The van der Waals surface area contributed by atoms with Crippen molar-refractivity contribution in [2.24, 2.45) is 0 Å². The summed E-state index contributed by atoms with van der Waals surface area (Å²) in [5, 5.41) is 18.3. The van der Waals surface area contributed by atoms with Gasteiger partial charge in [0.25, 0.3) is 0 Å². The second kappa shape index (κ2) is 5.88. The Morgan fingerprint density at radius 2 is 1.85 bits per heavy atom. The van der Waals surface area contributed by atoms with Gasteiger partial charge in [-0.25, -0.2) is 4.79 Å². The van der Waals surface area contributed by atoms with Gasteiger partial charge in [-0.3, -0.25) is 4.79 Å². The second-order valence-corrected chi connectivity index (χ2v) is 4.13. The van der Waals surface area contributed by atoms with Crippen molar-refractivity contribution in [3.63, 3.8) is 0 Å². The van der Waals surface area contributed by atoms with Gasteiger partial charge in [-0.2, -0.15) is 0 Å². The number of hydrogen-bond donors (Lipinski definition) is 2. The third kappa shape index (κ3) is 3.14. The molecular formula is C15H12O5. The molecule has 0 aliphatic carbocycles. The van der Waals surface area contributed by atoms with Crippen LogP contribution in [0.25, 0.3) is 0 Å². The van der Waals surface area contributed by atoms with Gasteiger partial charge in [-0.05, 0) is 29.8 Å². The van der Waals surface area contributed by atoms with Gasteiger partial charge >= 0.3 is 5.97 Å². The number of rotatable bonds is 5. The quantitative estimate of drug-likeness (QED) is 0.817. The van der Waals surface area contributed by atoms with Crippen LogP contribution < -0.4 is 4.74 Å². The Labute approximate surface area is 115 Å². The van der Waals surface area contributed by atoms with Crippen LogP contribution in [0.1, 0.15) is 26.3 Å². The van der Waals surface area contributed by atoms with Crippen LogP contribution in [-0.2, 0) is 6.61 Å². The van der Waals surface area contributed by atoms with Gasteiger partial charge in [0.15, 0.2) is 6.29 Å². The van der Waals surface area contributed by atoms with Crippen LogP contribution >= 0.6 is 0 Å². The predicted octanol–water partition coefficient (Wildman–Crippen LogP) is 2.48. The lowest BCUT2D eigenvalue weighted by Gasteiger charge is -2.07. The molecule has 0 amide bonds. The number of phenols is 1. The Bertz CT molecular complexity index is 631. The number of aldehydes is 1. The number of carboxylic acids is 1. The molecule has 0 bridgehead atoms. The number of carboxylic acid groups (broad SMARTS) is 1. The summed E-state index contributed by atoms with van der Waals surface area (Å²) in [5.74, 6) is -0.694. The van der Waals surface area contributed by atoms with Crippen molar-refractivity contribution in [2.45, 2.75) is 6.61 Å². The lowest BCUT2D eigenvalue weighted by Crippen LogP contribution is -1.99. The van der Waals surface area contributed by atoms with E-state index in [-0.39, 0.29) is 23.5 Å². The fourth-order valence-corrected chi connectivity index (χ4v) is 1.62. The monoisotopic (exact) mass is 272 g/mol. The fourth-order valence-electron chi connectivity index (χ4n) is 1.62. The van der Waals surface area contributed by atoms with E-state index in [4.69, 9.17) is 9.84 Å². The lowest BCUT2D eigenvalue weighted by molar-refractivity contribution is 0.0696. The molecule has 0 fully saturated rings. The van der Waals surface area contributed by atoms with E-state index in [1.54, 1.807) is 18.2 Å². The van der Waals surface area contributed by atoms with E-state index in [1.807, 2.05) is 0 Å². The SMILES string of the molecule is O=Cc1ccc(OCc2ccc(C(=O)O)cc2)cc1O. The van der Waals surface area contributed by atoms with Gasteiger partial charge in [0, 0.05) is 6.07 Å². The van der Waals surface area contributed by atoms with E-state index >= 15 is 0 Å². The molecule has 0 aliphatic heterocycles. The number of carbonyl (C=O) groups excluding carboxylic acids is 1. The zero-order valence-corrected chi connectivity index (χ0v) is 10.4. The molecule has 2 aromatic rings. The number of benzene rings is 2. The van der Waals surface area contributed by atoms with Gasteiger partial charge in [-0.1, -0.05) is 12.1 Å². The summed E-state index contributed by atoms with van der Waals surface area (Å²) in [6.45, 7) is 0.236. The van der Waals surface area contributed by atoms with Gasteiger partial charge in [0.2, 0.25) is 0 Å². The van der Waals surface area contributed by atoms with Crippen LogP contribution in [0.4, 0.5) is 0 Å². The van der Waals surface area contributed by atoms with Crippen LogP contribution in [0.5, 0.6) is 11.5 Å². The van der Waals surface area contributed by atoms with Crippen molar-refractivity contribution in [1.29, 1.82) is 0 Å². The zero-order valence-electron chi connectivity index (χ0n) is 10.4. The molecule has 0 saturated heterocycles. The van der Waals surface area contributed by atoms with Crippen molar-refractivity contribution in [1.82, 2.24) is 0 Å². The first-order chi connectivity index (χ1) is 9.60. The average Bonchev–Trinajstić information content (AvgIpc) is 2.45.